The van der Waals surface area contributed by atoms with Crippen molar-refractivity contribution in [2.24, 2.45) is 17.3 Å². The summed E-state index contributed by atoms with van der Waals surface area (Å²) in [5.74, 6) is -5.77. The zero-order valence-electron chi connectivity index (χ0n) is 13.6. The molecule has 2 bridgehead atoms. The first-order valence-electron chi connectivity index (χ1n) is 7.92. The molecule has 3 unspecified atom stereocenters. The molecule has 1 heterocycles. The second-order valence-electron chi connectivity index (χ2n) is 7.74. The van der Waals surface area contributed by atoms with E-state index in [0.29, 0.717) is 32.5 Å². The Morgan fingerprint density at radius 3 is 2.32 bits per heavy atom. The monoisotopic (exact) mass is 318 g/mol. The lowest BCUT2D eigenvalue weighted by Crippen LogP contribution is -2.76. The highest BCUT2D eigenvalue weighted by Crippen LogP contribution is 2.68. The van der Waals surface area contributed by atoms with Gasteiger partial charge in [0.15, 0.2) is 5.60 Å². The van der Waals surface area contributed by atoms with E-state index in [2.05, 4.69) is 13.8 Å². The fourth-order valence-electron chi connectivity index (χ4n) is 4.45. The van der Waals surface area contributed by atoms with Gasteiger partial charge in [-0.15, -0.1) is 0 Å². The van der Waals surface area contributed by atoms with Crippen molar-refractivity contribution < 1.29 is 27.8 Å². The number of hydrogen-bond acceptors (Lipinski definition) is 4. The summed E-state index contributed by atoms with van der Waals surface area (Å²) < 4.78 is 43.8. The Labute approximate surface area is 129 Å². The van der Waals surface area contributed by atoms with Crippen LogP contribution in [0.15, 0.2) is 0 Å². The highest BCUT2D eigenvalue weighted by atomic mass is 19.3. The zero-order valence-corrected chi connectivity index (χ0v) is 13.6. The molecule has 4 rings (SSSR count). The first-order valence-corrected chi connectivity index (χ1v) is 7.92. The number of hydrogen-bond donors (Lipinski definition) is 0. The largest absolute Gasteiger partial charge is 0.449 e. The van der Waals surface area contributed by atoms with Gasteiger partial charge in [0.25, 0.3) is 0 Å². The van der Waals surface area contributed by atoms with E-state index in [1.54, 1.807) is 6.92 Å². The molecule has 0 aromatic heterocycles. The van der Waals surface area contributed by atoms with E-state index in [4.69, 9.17) is 14.2 Å². The summed E-state index contributed by atoms with van der Waals surface area (Å²) in [7, 11) is 0. The summed E-state index contributed by atoms with van der Waals surface area (Å²) in [6.07, 6.45) is 2.16. The van der Waals surface area contributed by atoms with Crippen LogP contribution in [0, 0.1) is 17.3 Å². The van der Waals surface area contributed by atoms with Crippen LogP contribution in [-0.4, -0.2) is 36.5 Å². The molecule has 3 atom stereocenters. The maximum Gasteiger partial charge on any atom is 0.377 e. The van der Waals surface area contributed by atoms with Crippen molar-refractivity contribution in [2.45, 2.75) is 64.3 Å². The molecular weight excluding hydrogens is 294 g/mol. The third kappa shape index (κ3) is 2.03. The fraction of sp³-hybridized carbons (Fsp3) is 0.938. The molecule has 4 fully saturated rings. The second kappa shape index (κ2) is 4.63. The van der Waals surface area contributed by atoms with E-state index in [1.807, 2.05) is 0 Å². The molecule has 3 saturated carbocycles. The number of esters is 1. The maximum absolute atomic E-state index is 13.3. The van der Waals surface area contributed by atoms with Crippen molar-refractivity contribution in [1.29, 1.82) is 0 Å². The highest BCUT2D eigenvalue weighted by molar-refractivity contribution is 5.77. The molecule has 4 aliphatic rings. The Morgan fingerprint density at radius 2 is 1.82 bits per heavy atom. The number of ether oxygens (including phenoxy) is 3. The lowest BCUT2D eigenvalue weighted by Gasteiger charge is -2.69. The fourth-order valence-corrected chi connectivity index (χ4v) is 4.45. The highest BCUT2D eigenvalue weighted by Gasteiger charge is 2.74. The third-order valence-corrected chi connectivity index (χ3v) is 5.90. The van der Waals surface area contributed by atoms with Gasteiger partial charge in [-0.05, 0) is 37.5 Å². The minimum absolute atomic E-state index is 0.00199. The standard InChI is InChI=1S/C16H24F2O4/c1-13(2)10-8-11(13)16(20-6-5-7-21-16)14(3,9-10)22-12(19)15(4,17)18/h10-11H,5-9H2,1-4H3. The molecule has 0 amide bonds. The molecule has 0 aromatic carbocycles. The first kappa shape index (κ1) is 16.1. The van der Waals surface area contributed by atoms with Gasteiger partial charge in [-0.2, -0.15) is 8.78 Å². The molecule has 3 aliphatic carbocycles. The predicted octanol–water partition coefficient (Wildman–Crippen LogP) is 3.14. The zero-order chi connectivity index (χ0) is 16.4. The van der Waals surface area contributed by atoms with Crippen LogP contribution in [-0.2, 0) is 19.0 Å². The summed E-state index contributed by atoms with van der Waals surface area (Å²) in [6.45, 7) is 7.51. The van der Waals surface area contributed by atoms with Crippen molar-refractivity contribution in [2.75, 3.05) is 13.2 Å². The van der Waals surface area contributed by atoms with Crippen LogP contribution in [0.2, 0.25) is 0 Å². The molecule has 6 heteroatoms. The Morgan fingerprint density at radius 1 is 1.23 bits per heavy atom. The van der Waals surface area contributed by atoms with E-state index in [9.17, 15) is 13.6 Å². The molecule has 1 saturated heterocycles. The molecule has 22 heavy (non-hydrogen) atoms. The van der Waals surface area contributed by atoms with Gasteiger partial charge in [-0.25, -0.2) is 4.79 Å². The minimum Gasteiger partial charge on any atom is -0.449 e. The molecule has 0 radical (unpaired) electrons. The number of carbonyl (C=O) groups excluding carboxylic acids is 1. The van der Waals surface area contributed by atoms with Gasteiger partial charge >= 0.3 is 11.9 Å². The Hall–Kier alpha value is -0.750. The maximum atomic E-state index is 13.3. The number of rotatable bonds is 2. The summed E-state index contributed by atoms with van der Waals surface area (Å²) in [4.78, 5) is 11.8. The number of halogens is 2. The van der Waals surface area contributed by atoms with Gasteiger partial charge in [-0.1, -0.05) is 13.8 Å². The second-order valence-corrected chi connectivity index (χ2v) is 7.74. The van der Waals surface area contributed by atoms with Crippen LogP contribution in [0.1, 0.15) is 47.0 Å². The molecule has 1 aliphatic heterocycles. The molecule has 1 spiro atoms. The van der Waals surface area contributed by atoms with Crippen molar-refractivity contribution in [3.8, 4) is 0 Å². The van der Waals surface area contributed by atoms with Gasteiger partial charge < -0.3 is 14.2 Å². The molecule has 0 aromatic rings. The van der Waals surface area contributed by atoms with E-state index in [0.717, 1.165) is 12.8 Å². The van der Waals surface area contributed by atoms with Gasteiger partial charge in [0.1, 0.15) is 0 Å². The lowest BCUT2D eigenvalue weighted by molar-refractivity contribution is -0.424. The van der Waals surface area contributed by atoms with E-state index in [1.165, 1.54) is 0 Å². The normalized spacial score (nSPS) is 39.2. The average molecular weight is 318 g/mol. The van der Waals surface area contributed by atoms with Crippen molar-refractivity contribution >= 4 is 5.97 Å². The van der Waals surface area contributed by atoms with Crippen LogP contribution >= 0.6 is 0 Å². The minimum atomic E-state index is -3.52. The first-order chi connectivity index (χ1) is 10.0. The topological polar surface area (TPSA) is 44.8 Å². The van der Waals surface area contributed by atoms with Crippen LogP contribution in [0.25, 0.3) is 0 Å². The lowest BCUT2D eigenvalue weighted by atomic mass is 9.43. The summed E-state index contributed by atoms with van der Waals surface area (Å²) >= 11 is 0. The molecule has 4 nitrogen and oxygen atoms in total. The number of carbonyl (C=O) groups is 1. The van der Waals surface area contributed by atoms with Crippen molar-refractivity contribution in [3.63, 3.8) is 0 Å². The quantitative estimate of drug-likeness (QED) is 0.734. The van der Waals surface area contributed by atoms with Crippen molar-refractivity contribution in [3.05, 3.63) is 0 Å². The van der Waals surface area contributed by atoms with Crippen LogP contribution in [0.3, 0.4) is 0 Å². The van der Waals surface area contributed by atoms with E-state index in [-0.39, 0.29) is 11.3 Å². The van der Waals surface area contributed by atoms with E-state index >= 15 is 0 Å². The van der Waals surface area contributed by atoms with Crippen molar-refractivity contribution in [1.82, 2.24) is 0 Å². The van der Waals surface area contributed by atoms with Crippen LogP contribution in [0.4, 0.5) is 8.78 Å². The SMILES string of the molecule is CC(F)(F)C(=O)OC1(C)CC2CC(C2(C)C)C12OCCCO2. The summed E-state index contributed by atoms with van der Waals surface area (Å²) in [5, 5.41) is 0. The van der Waals surface area contributed by atoms with E-state index < -0.39 is 23.3 Å². The van der Waals surface area contributed by atoms with Gasteiger partial charge in [-0.3, -0.25) is 0 Å². The average Bonchev–Trinajstić information content (AvgIpc) is 2.41. The van der Waals surface area contributed by atoms with Gasteiger partial charge in [0, 0.05) is 12.8 Å². The smallest absolute Gasteiger partial charge is 0.377 e. The Balaban J connectivity index is 1.94. The van der Waals surface area contributed by atoms with Gasteiger partial charge in [0.05, 0.1) is 13.2 Å². The number of fused-ring (bicyclic) bond motifs is 1. The molecular formula is C16H24F2O4. The van der Waals surface area contributed by atoms with Gasteiger partial charge in [0.2, 0.25) is 5.79 Å². The Bertz CT molecular complexity index is 479. The Kier molecular flexibility index (Phi) is 3.39. The predicted molar refractivity (Wildman–Crippen MR) is 74.4 cm³/mol. The van der Waals surface area contributed by atoms with Crippen LogP contribution < -0.4 is 0 Å². The van der Waals surface area contributed by atoms with Crippen LogP contribution in [0.5, 0.6) is 0 Å². The summed E-state index contributed by atoms with van der Waals surface area (Å²) in [6, 6.07) is 0. The molecule has 126 valence electrons. The number of alkyl halides is 2. The summed E-state index contributed by atoms with van der Waals surface area (Å²) in [5.41, 5.74) is -1.18. The third-order valence-electron chi connectivity index (χ3n) is 5.90. The molecule has 0 N–H and O–H groups in total.